The van der Waals surface area contributed by atoms with Gasteiger partial charge in [0.15, 0.2) is 5.11 Å². The monoisotopic (exact) mass is 426 g/mol. The maximum Gasteiger partial charge on any atom is 0.258 e. The van der Waals surface area contributed by atoms with E-state index in [0.29, 0.717) is 35.0 Å². The summed E-state index contributed by atoms with van der Waals surface area (Å²) in [6, 6.07) is 15.0. The molecule has 0 aliphatic rings. The van der Waals surface area contributed by atoms with E-state index in [4.69, 9.17) is 17.0 Å². The van der Waals surface area contributed by atoms with E-state index >= 15 is 0 Å². The predicted octanol–water partition coefficient (Wildman–Crippen LogP) is 1.67. The van der Waals surface area contributed by atoms with Gasteiger partial charge in [-0.1, -0.05) is 12.1 Å². The Labute approximate surface area is 181 Å². The number of ether oxygens (including phenoxy) is 1. The summed E-state index contributed by atoms with van der Waals surface area (Å²) < 4.78 is 5.49. The molecule has 0 saturated carbocycles. The lowest BCUT2D eigenvalue weighted by Crippen LogP contribution is -3.06. The van der Waals surface area contributed by atoms with Gasteiger partial charge in [0, 0.05) is 5.69 Å². The van der Waals surface area contributed by atoms with Crippen molar-refractivity contribution in [3.05, 3.63) is 64.7 Å². The van der Waals surface area contributed by atoms with E-state index in [1.54, 1.807) is 6.07 Å². The van der Waals surface area contributed by atoms with E-state index < -0.39 is 0 Å². The van der Waals surface area contributed by atoms with Crippen LogP contribution in [0.4, 0.5) is 5.69 Å². The summed E-state index contributed by atoms with van der Waals surface area (Å²) in [5.41, 5.74) is 1.42. The lowest BCUT2D eigenvalue weighted by Gasteiger charge is -2.26. The molecule has 0 atom stereocenters. The molecule has 7 nitrogen and oxygen atoms in total. The largest absolute Gasteiger partial charge is 0.494 e. The van der Waals surface area contributed by atoms with Crippen molar-refractivity contribution in [3.63, 3.8) is 0 Å². The highest BCUT2D eigenvalue weighted by atomic mass is 32.1. The average Bonchev–Trinajstić information content (AvgIpc) is 2.72. The molecule has 3 rings (SSSR count). The number of nitrogens with zero attached hydrogens (tertiary/aromatic N) is 2. The summed E-state index contributed by atoms with van der Waals surface area (Å²) in [4.78, 5) is 23.2. The number of rotatable bonds is 8. The molecule has 3 aromatic rings. The van der Waals surface area contributed by atoms with E-state index in [2.05, 4.69) is 29.4 Å². The van der Waals surface area contributed by atoms with Crippen LogP contribution in [-0.2, 0) is 6.54 Å². The zero-order valence-corrected chi connectivity index (χ0v) is 18.4. The van der Waals surface area contributed by atoms with Crippen LogP contribution in [0.1, 0.15) is 12.7 Å². The van der Waals surface area contributed by atoms with Gasteiger partial charge in [-0.25, -0.2) is 4.98 Å². The van der Waals surface area contributed by atoms with Gasteiger partial charge in [-0.15, -0.1) is 0 Å². The first-order valence-corrected chi connectivity index (χ1v) is 10.4. The summed E-state index contributed by atoms with van der Waals surface area (Å²) in [5, 5.41) is 4.44. The number of aromatic amines is 1. The van der Waals surface area contributed by atoms with Gasteiger partial charge >= 0.3 is 0 Å². The van der Waals surface area contributed by atoms with Crippen molar-refractivity contribution in [2.75, 3.05) is 39.1 Å². The van der Waals surface area contributed by atoms with Crippen LogP contribution in [0.25, 0.3) is 10.9 Å². The van der Waals surface area contributed by atoms with Gasteiger partial charge in [-0.05, 0) is 55.5 Å². The maximum absolute atomic E-state index is 12.4. The minimum Gasteiger partial charge on any atom is -0.494 e. The third kappa shape index (κ3) is 5.77. The Balaban J connectivity index is 1.78. The summed E-state index contributed by atoms with van der Waals surface area (Å²) in [6.45, 7) is 4.61. The van der Waals surface area contributed by atoms with Crippen LogP contribution < -0.4 is 20.5 Å². The van der Waals surface area contributed by atoms with Crippen LogP contribution in [0.2, 0.25) is 0 Å². The molecule has 1 heterocycles. The minimum atomic E-state index is -0.140. The first-order valence-electron chi connectivity index (χ1n) is 10.0. The summed E-state index contributed by atoms with van der Waals surface area (Å²) in [5.74, 6) is 1.41. The summed E-state index contributed by atoms with van der Waals surface area (Å²) in [7, 11) is 4.19. The highest BCUT2D eigenvalue weighted by molar-refractivity contribution is 7.80. The number of benzene rings is 2. The number of aromatic nitrogens is 2. The van der Waals surface area contributed by atoms with Gasteiger partial charge in [0.25, 0.3) is 5.56 Å². The Hall–Kier alpha value is -2.97. The number of H-pyrrole nitrogens is 1. The fourth-order valence-corrected chi connectivity index (χ4v) is 3.28. The number of anilines is 1. The molecule has 0 aliphatic heterocycles. The second-order valence-corrected chi connectivity index (χ2v) is 7.68. The van der Waals surface area contributed by atoms with Gasteiger partial charge in [0.2, 0.25) is 0 Å². The van der Waals surface area contributed by atoms with E-state index in [1.165, 1.54) is 4.90 Å². The van der Waals surface area contributed by atoms with Crippen LogP contribution >= 0.6 is 12.2 Å². The van der Waals surface area contributed by atoms with Crippen LogP contribution in [-0.4, -0.2) is 53.8 Å². The quantitative estimate of drug-likeness (QED) is 0.476. The zero-order valence-electron chi connectivity index (χ0n) is 17.6. The summed E-state index contributed by atoms with van der Waals surface area (Å²) >= 11 is 5.68. The Morgan fingerprint density at radius 1 is 1.20 bits per heavy atom. The molecule has 8 heteroatoms. The van der Waals surface area contributed by atoms with Gasteiger partial charge in [0.1, 0.15) is 11.6 Å². The molecule has 0 radical (unpaired) electrons. The number of thiocarbonyl (C=S) groups is 1. The maximum atomic E-state index is 12.4. The molecule has 1 aromatic heterocycles. The molecule has 0 fully saturated rings. The predicted molar refractivity (Wildman–Crippen MR) is 124 cm³/mol. The fourth-order valence-electron chi connectivity index (χ4n) is 3.01. The smallest absolute Gasteiger partial charge is 0.258 e. The van der Waals surface area contributed by atoms with E-state index in [9.17, 15) is 4.79 Å². The number of nitrogens with one attached hydrogen (secondary N) is 3. The van der Waals surface area contributed by atoms with Crippen molar-refractivity contribution in [3.8, 4) is 5.75 Å². The minimum absolute atomic E-state index is 0.140. The second kappa shape index (κ2) is 10.2. The third-order valence-electron chi connectivity index (χ3n) is 4.59. The number of hydrogen-bond acceptors (Lipinski definition) is 4. The molecule has 158 valence electrons. The van der Waals surface area contributed by atoms with Gasteiger partial charge in [-0.3, -0.25) is 4.79 Å². The van der Waals surface area contributed by atoms with Gasteiger partial charge < -0.3 is 24.8 Å². The molecular weight excluding hydrogens is 398 g/mol. The summed E-state index contributed by atoms with van der Waals surface area (Å²) in [6.07, 6.45) is 0. The molecule has 2 aromatic carbocycles. The van der Waals surface area contributed by atoms with Crippen molar-refractivity contribution >= 4 is 33.9 Å². The Bertz CT molecular complexity index is 1050. The van der Waals surface area contributed by atoms with Crippen LogP contribution in [0.3, 0.4) is 0 Å². The van der Waals surface area contributed by atoms with Crippen molar-refractivity contribution in [2.24, 2.45) is 0 Å². The molecule has 0 spiro atoms. The van der Waals surface area contributed by atoms with Crippen LogP contribution in [0.15, 0.2) is 53.3 Å². The first kappa shape index (κ1) is 21.7. The number of quaternary nitrogens is 1. The van der Waals surface area contributed by atoms with Crippen molar-refractivity contribution in [1.29, 1.82) is 0 Å². The van der Waals surface area contributed by atoms with Crippen molar-refractivity contribution < 1.29 is 9.64 Å². The third-order valence-corrected chi connectivity index (χ3v) is 4.95. The molecule has 0 saturated heterocycles. The number of hydrogen-bond donors (Lipinski definition) is 3. The van der Waals surface area contributed by atoms with Gasteiger partial charge in [0.05, 0.1) is 51.2 Å². The first-order chi connectivity index (χ1) is 14.5. The average molecular weight is 427 g/mol. The molecule has 0 bridgehead atoms. The highest BCUT2D eigenvalue weighted by Gasteiger charge is 2.15. The Morgan fingerprint density at radius 3 is 2.63 bits per heavy atom. The van der Waals surface area contributed by atoms with Crippen LogP contribution in [0, 0.1) is 0 Å². The zero-order chi connectivity index (χ0) is 21.5. The standard InChI is InChI=1S/C22H27N5O2S/c1-4-29-17-11-9-16(10-12-17)23-22(30)27(14-13-26(2)3)15-20-24-19-8-6-5-7-18(19)21(28)25-20/h5-12H,4,13-15H2,1-3H3,(H,23,30)(H,24,25,28)/p+1. The van der Waals surface area contributed by atoms with Crippen molar-refractivity contribution in [2.45, 2.75) is 13.5 Å². The highest BCUT2D eigenvalue weighted by Crippen LogP contribution is 2.16. The Morgan fingerprint density at radius 2 is 1.93 bits per heavy atom. The van der Waals surface area contributed by atoms with E-state index in [0.717, 1.165) is 24.5 Å². The topological polar surface area (TPSA) is 74.7 Å². The van der Waals surface area contributed by atoms with Gasteiger partial charge in [-0.2, -0.15) is 0 Å². The molecule has 0 aliphatic carbocycles. The lowest BCUT2D eigenvalue weighted by molar-refractivity contribution is -0.857. The van der Waals surface area contributed by atoms with Crippen LogP contribution in [0.5, 0.6) is 5.75 Å². The number of para-hydroxylation sites is 1. The Kier molecular flexibility index (Phi) is 7.37. The van der Waals surface area contributed by atoms with E-state index in [1.807, 2.05) is 54.3 Å². The molecular formula is C22H28N5O2S+. The SMILES string of the molecule is CCOc1ccc(NC(=S)N(CC[NH+](C)C)Cc2nc3ccccc3c(=O)[nH]2)cc1. The number of fused-ring (bicyclic) bond motifs is 1. The number of likely N-dealkylation sites (N-methyl/N-ethyl adjacent to an activating group) is 1. The lowest BCUT2D eigenvalue weighted by atomic mass is 10.2. The molecule has 3 N–H and O–H groups in total. The second-order valence-electron chi connectivity index (χ2n) is 7.30. The normalized spacial score (nSPS) is 10.9. The molecule has 0 amide bonds. The molecule has 30 heavy (non-hydrogen) atoms. The fraction of sp³-hybridized carbons (Fsp3) is 0.318. The van der Waals surface area contributed by atoms with Crippen molar-refractivity contribution in [1.82, 2.24) is 14.9 Å². The molecule has 0 unspecified atom stereocenters. The van der Waals surface area contributed by atoms with E-state index in [-0.39, 0.29) is 5.56 Å².